The van der Waals surface area contributed by atoms with E-state index in [0.717, 1.165) is 16.9 Å². The third kappa shape index (κ3) is 4.88. The van der Waals surface area contributed by atoms with Crippen molar-refractivity contribution < 1.29 is 14.3 Å². The number of anilines is 1. The highest BCUT2D eigenvalue weighted by molar-refractivity contribution is 6.34. The number of hydrogen-bond donors (Lipinski definition) is 0. The van der Waals surface area contributed by atoms with Crippen LogP contribution in [0.2, 0.25) is 5.02 Å². The van der Waals surface area contributed by atoms with Gasteiger partial charge in [0.05, 0.1) is 28.9 Å². The Labute approximate surface area is 198 Å². The Morgan fingerprint density at radius 2 is 1.88 bits per heavy atom. The van der Waals surface area contributed by atoms with Crippen molar-refractivity contribution in [1.82, 2.24) is 14.7 Å². The number of amides is 2. The molecule has 4 rings (SSSR count). The van der Waals surface area contributed by atoms with Crippen LogP contribution >= 0.6 is 11.6 Å². The minimum atomic E-state index is -0.609. The zero-order valence-corrected chi connectivity index (χ0v) is 19.9. The largest absolute Gasteiger partial charge is 0.444 e. The summed E-state index contributed by atoms with van der Waals surface area (Å²) in [4.78, 5) is 29.9. The maximum absolute atomic E-state index is 13.7. The standard InChI is InChI=1S/C25H27ClN4O3/c1-17-15-29(23(31)20-11-10-19(14-21(20)26)30-13-7-12-27-30)22-9-6-5-8-18(22)16-28(17)24(32)33-25(2,3)4/h5-14,17H,15-16H2,1-4H3/t17-/m0/s1. The minimum absolute atomic E-state index is 0.225. The highest BCUT2D eigenvalue weighted by Crippen LogP contribution is 2.31. The molecule has 0 aliphatic carbocycles. The average Bonchev–Trinajstić information content (AvgIpc) is 3.24. The second-order valence-electron chi connectivity index (χ2n) is 9.12. The smallest absolute Gasteiger partial charge is 0.410 e. The molecule has 0 spiro atoms. The van der Waals surface area contributed by atoms with Crippen LogP contribution in [0.15, 0.2) is 60.9 Å². The summed E-state index contributed by atoms with van der Waals surface area (Å²) in [6.07, 6.45) is 3.09. The number of ether oxygens (including phenoxy) is 1. The van der Waals surface area contributed by atoms with E-state index in [0.29, 0.717) is 23.7 Å². The van der Waals surface area contributed by atoms with Crippen LogP contribution in [0.5, 0.6) is 0 Å². The number of nitrogens with zero attached hydrogens (tertiary/aromatic N) is 4. The molecule has 0 saturated carbocycles. The fourth-order valence-corrected chi connectivity index (χ4v) is 4.11. The van der Waals surface area contributed by atoms with Gasteiger partial charge in [0.1, 0.15) is 5.60 Å². The van der Waals surface area contributed by atoms with Crippen molar-refractivity contribution in [1.29, 1.82) is 0 Å². The maximum atomic E-state index is 13.7. The van der Waals surface area contributed by atoms with E-state index in [2.05, 4.69) is 5.10 Å². The van der Waals surface area contributed by atoms with Gasteiger partial charge in [0, 0.05) is 24.6 Å². The number of hydrogen-bond acceptors (Lipinski definition) is 4. The molecule has 0 unspecified atom stereocenters. The summed E-state index contributed by atoms with van der Waals surface area (Å²) in [6.45, 7) is 8.09. The van der Waals surface area contributed by atoms with Crippen LogP contribution in [-0.4, -0.2) is 44.9 Å². The molecule has 172 valence electrons. The van der Waals surface area contributed by atoms with Crippen molar-refractivity contribution in [2.24, 2.45) is 0 Å². The zero-order valence-electron chi connectivity index (χ0n) is 19.2. The molecule has 8 heteroatoms. The second-order valence-corrected chi connectivity index (χ2v) is 9.52. The molecule has 1 aromatic heterocycles. The SMILES string of the molecule is C[C@H]1CN(C(=O)c2ccc(-n3cccn3)cc2Cl)c2ccccc2CN1C(=O)OC(C)(C)C. The topological polar surface area (TPSA) is 67.7 Å². The molecule has 1 aliphatic rings. The number of aromatic nitrogens is 2. The number of fused-ring (bicyclic) bond motifs is 1. The molecular weight excluding hydrogens is 440 g/mol. The molecule has 0 saturated heterocycles. The zero-order chi connectivity index (χ0) is 23.8. The Morgan fingerprint density at radius 3 is 2.55 bits per heavy atom. The third-order valence-electron chi connectivity index (χ3n) is 5.43. The molecule has 2 aromatic carbocycles. The third-order valence-corrected chi connectivity index (χ3v) is 5.74. The van der Waals surface area contributed by atoms with Crippen molar-refractivity contribution in [3.05, 3.63) is 77.1 Å². The van der Waals surface area contributed by atoms with Crippen molar-refractivity contribution >= 4 is 29.3 Å². The highest BCUT2D eigenvalue weighted by Gasteiger charge is 2.34. The predicted octanol–water partition coefficient (Wildman–Crippen LogP) is 5.31. The maximum Gasteiger partial charge on any atom is 0.410 e. The normalized spacial score (nSPS) is 16.2. The quantitative estimate of drug-likeness (QED) is 0.513. The molecule has 2 amide bonds. The Kier molecular flexibility index (Phi) is 6.17. The number of halogens is 1. The number of benzene rings is 2. The summed E-state index contributed by atoms with van der Waals surface area (Å²) in [5.41, 5.74) is 2.17. The van der Waals surface area contributed by atoms with Gasteiger partial charge in [-0.3, -0.25) is 9.69 Å². The Balaban J connectivity index is 1.67. The van der Waals surface area contributed by atoms with Crippen molar-refractivity contribution in [3.63, 3.8) is 0 Å². The lowest BCUT2D eigenvalue weighted by Gasteiger charge is -2.31. The average molecular weight is 467 g/mol. The minimum Gasteiger partial charge on any atom is -0.444 e. The van der Waals surface area contributed by atoms with Crippen LogP contribution in [0.1, 0.15) is 43.6 Å². The van der Waals surface area contributed by atoms with Crippen LogP contribution in [0.25, 0.3) is 5.69 Å². The molecule has 1 atom stereocenters. The van der Waals surface area contributed by atoms with Gasteiger partial charge in [0.2, 0.25) is 0 Å². The van der Waals surface area contributed by atoms with Crippen LogP contribution < -0.4 is 4.90 Å². The van der Waals surface area contributed by atoms with E-state index in [1.807, 2.05) is 70.3 Å². The lowest BCUT2D eigenvalue weighted by molar-refractivity contribution is 0.0167. The summed E-state index contributed by atoms with van der Waals surface area (Å²) in [6, 6.07) is 14.4. The fraction of sp³-hybridized carbons (Fsp3) is 0.320. The van der Waals surface area contributed by atoms with Gasteiger partial charge < -0.3 is 9.64 Å². The van der Waals surface area contributed by atoms with Crippen molar-refractivity contribution in [3.8, 4) is 5.69 Å². The van der Waals surface area contributed by atoms with E-state index in [9.17, 15) is 9.59 Å². The van der Waals surface area contributed by atoms with E-state index in [1.54, 1.807) is 32.8 Å². The van der Waals surface area contributed by atoms with E-state index in [4.69, 9.17) is 16.3 Å². The molecule has 33 heavy (non-hydrogen) atoms. The van der Waals surface area contributed by atoms with Crippen molar-refractivity contribution in [2.45, 2.75) is 45.9 Å². The first-order valence-corrected chi connectivity index (χ1v) is 11.2. The summed E-state index contributed by atoms with van der Waals surface area (Å²) >= 11 is 6.54. The lowest BCUT2D eigenvalue weighted by atomic mass is 10.1. The second kappa shape index (κ2) is 8.90. The predicted molar refractivity (Wildman–Crippen MR) is 128 cm³/mol. The first-order chi connectivity index (χ1) is 15.6. The van der Waals surface area contributed by atoms with Crippen LogP contribution in [0.4, 0.5) is 10.5 Å². The first-order valence-electron chi connectivity index (χ1n) is 10.8. The number of carbonyl (C=O) groups is 2. The summed E-state index contributed by atoms with van der Waals surface area (Å²) < 4.78 is 7.30. The highest BCUT2D eigenvalue weighted by atomic mass is 35.5. The van der Waals surface area contributed by atoms with Gasteiger partial charge in [-0.2, -0.15) is 5.10 Å². The molecule has 0 fully saturated rings. The Morgan fingerprint density at radius 1 is 1.12 bits per heavy atom. The molecule has 0 bridgehead atoms. The molecule has 7 nitrogen and oxygen atoms in total. The van der Waals surface area contributed by atoms with Gasteiger partial charge in [0.25, 0.3) is 5.91 Å². The summed E-state index contributed by atoms with van der Waals surface area (Å²) in [7, 11) is 0. The fourth-order valence-electron chi connectivity index (χ4n) is 3.85. The Bertz CT molecular complexity index is 1170. The van der Waals surface area contributed by atoms with E-state index in [1.165, 1.54) is 0 Å². The van der Waals surface area contributed by atoms with Crippen LogP contribution in [-0.2, 0) is 11.3 Å². The molecule has 3 aromatic rings. The monoisotopic (exact) mass is 466 g/mol. The van der Waals surface area contributed by atoms with Gasteiger partial charge in [0.15, 0.2) is 0 Å². The lowest BCUT2D eigenvalue weighted by Crippen LogP contribution is -2.46. The summed E-state index contributed by atoms with van der Waals surface area (Å²) in [5.74, 6) is -0.225. The van der Waals surface area contributed by atoms with Gasteiger partial charge in [-0.25, -0.2) is 9.48 Å². The molecule has 1 aliphatic heterocycles. The number of carbonyl (C=O) groups excluding carboxylic acids is 2. The van der Waals surface area contributed by atoms with Gasteiger partial charge in [-0.05, 0) is 63.6 Å². The Hall–Kier alpha value is -3.32. The molecular formula is C25H27ClN4O3. The summed E-state index contributed by atoms with van der Waals surface area (Å²) in [5, 5.41) is 4.55. The molecule has 0 radical (unpaired) electrons. The van der Waals surface area contributed by atoms with Gasteiger partial charge >= 0.3 is 6.09 Å². The van der Waals surface area contributed by atoms with Crippen LogP contribution in [0, 0.1) is 0 Å². The van der Waals surface area contributed by atoms with Crippen molar-refractivity contribution in [2.75, 3.05) is 11.4 Å². The van der Waals surface area contributed by atoms with Gasteiger partial charge in [-0.1, -0.05) is 29.8 Å². The van der Waals surface area contributed by atoms with E-state index < -0.39 is 11.7 Å². The molecule has 0 N–H and O–H groups in total. The van der Waals surface area contributed by atoms with Crippen LogP contribution in [0.3, 0.4) is 0 Å². The number of para-hydroxylation sites is 1. The number of rotatable bonds is 2. The van der Waals surface area contributed by atoms with E-state index in [-0.39, 0.29) is 11.9 Å². The molecule has 2 heterocycles. The first kappa shape index (κ1) is 22.9. The van der Waals surface area contributed by atoms with Gasteiger partial charge in [-0.15, -0.1) is 0 Å². The van der Waals surface area contributed by atoms with E-state index >= 15 is 0 Å².